The quantitative estimate of drug-likeness (QED) is 0.373. The molecule has 0 spiro atoms. The Balaban J connectivity index is 0.000000252. The van der Waals surface area contributed by atoms with Crippen LogP contribution in [-0.4, -0.2) is 0 Å². The lowest BCUT2D eigenvalue weighted by molar-refractivity contribution is 0.482. The topological polar surface area (TPSA) is 9.23 Å². The molecule has 1 heteroatoms. The zero-order valence-electron chi connectivity index (χ0n) is 16.3. The summed E-state index contributed by atoms with van der Waals surface area (Å²) in [7, 11) is 0. The summed E-state index contributed by atoms with van der Waals surface area (Å²) in [5, 5.41) is 0. The molecule has 0 saturated carbocycles. The highest BCUT2D eigenvalue weighted by Gasteiger charge is 1.92. The minimum Gasteiger partial charge on any atom is -0.457 e. The number of rotatable bonds is 11. The van der Waals surface area contributed by atoms with Crippen LogP contribution in [0.5, 0.6) is 11.5 Å². The van der Waals surface area contributed by atoms with Crippen molar-refractivity contribution in [2.45, 2.75) is 78.1 Å². The van der Waals surface area contributed by atoms with Crippen LogP contribution in [0.4, 0.5) is 0 Å². The van der Waals surface area contributed by atoms with Gasteiger partial charge in [0.15, 0.2) is 0 Å². The van der Waals surface area contributed by atoms with Crippen LogP contribution in [0.25, 0.3) is 0 Å². The molecule has 2 aromatic carbocycles. The van der Waals surface area contributed by atoms with Gasteiger partial charge >= 0.3 is 0 Å². The van der Waals surface area contributed by atoms with Crippen molar-refractivity contribution in [1.29, 1.82) is 0 Å². The van der Waals surface area contributed by atoms with Gasteiger partial charge in [-0.25, -0.2) is 0 Å². The predicted octanol–water partition coefficient (Wildman–Crippen LogP) is 8.41. The van der Waals surface area contributed by atoms with Gasteiger partial charge in [-0.15, -0.1) is 0 Å². The van der Waals surface area contributed by atoms with Gasteiger partial charge in [-0.2, -0.15) is 0 Å². The molecule has 138 valence electrons. The van der Waals surface area contributed by atoms with Gasteiger partial charge in [-0.05, 0) is 24.3 Å². The van der Waals surface area contributed by atoms with Crippen molar-refractivity contribution in [2.75, 3.05) is 0 Å². The van der Waals surface area contributed by atoms with Crippen LogP contribution in [0.3, 0.4) is 0 Å². The van der Waals surface area contributed by atoms with E-state index in [0.717, 1.165) is 11.5 Å². The molecule has 0 aromatic heterocycles. The fraction of sp³-hybridized carbons (Fsp3) is 0.500. The first-order valence-electron chi connectivity index (χ1n) is 10.1. The highest BCUT2D eigenvalue weighted by molar-refractivity contribution is 5.30. The summed E-state index contributed by atoms with van der Waals surface area (Å²) >= 11 is 0. The zero-order chi connectivity index (χ0) is 18.0. The van der Waals surface area contributed by atoms with E-state index >= 15 is 0 Å². The lowest BCUT2D eigenvalue weighted by atomic mass is 10.1. The number of hydrogen-bond acceptors (Lipinski definition) is 1. The van der Waals surface area contributed by atoms with E-state index in [0.29, 0.717) is 0 Å². The molecule has 0 bridgehead atoms. The summed E-state index contributed by atoms with van der Waals surface area (Å²) in [6.07, 6.45) is 14.4. The molecule has 2 aromatic rings. The monoisotopic (exact) mass is 340 g/mol. The van der Waals surface area contributed by atoms with E-state index < -0.39 is 0 Å². The van der Waals surface area contributed by atoms with Crippen molar-refractivity contribution >= 4 is 0 Å². The van der Waals surface area contributed by atoms with Crippen LogP contribution in [0.15, 0.2) is 60.7 Å². The largest absolute Gasteiger partial charge is 0.457 e. The molecule has 0 aliphatic rings. The van der Waals surface area contributed by atoms with E-state index in [-0.39, 0.29) is 0 Å². The van der Waals surface area contributed by atoms with Crippen LogP contribution < -0.4 is 4.74 Å². The Kier molecular flexibility index (Phi) is 13.4. The van der Waals surface area contributed by atoms with E-state index in [1.54, 1.807) is 0 Å². The molecular formula is C24H36O. The second-order valence-corrected chi connectivity index (χ2v) is 6.56. The first kappa shape index (κ1) is 21.3. The fourth-order valence-corrected chi connectivity index (χ4v) is 2.67. The summed E-state index contributed by atoms with van der Waals surface area (Å²) in [5.74, 6) is 1.74. The SMILES string of the molecule is CCCCCCCCCCCC.c1ccc(Oc2ccccc2)cc1. The molecule has 0 radical (unpaired) electrons. The second-order valence-electron chi connectivity index (χ2n) is 6.56. The van der Waals surface area contributed by atoms with Crippen molar-refractivity contribution in [3.05, 3.63) is 60.7 Å². The maximum atomic E-state index is 5.58. The predicted molar refractivity (Wildman–Crippen MR) is 110 cm³/mol. The number of para-hydroxylation sites is 2. The lowest BCUT2D eigenvalue weighted by Crippen LogP contribution is -1.81. The number of benzene rings is 2. The number of hydrogen-bond donors (Lipinski definition) is 0. The van der Waals surface area contributed by atoms with Crippen LogP contribution in [0.1, 0.15) is 78.1 Å². The molecule has 0 heterocycles. The maximum Gasteiger partial charge on any atom is 0.127 e. The minimum atomic E-state index is 0.869. The number of unbranched alkanes of at least 4 members (excludes halogenated alkanes) is 9. The normalized spacial score (nSPS) is 10.0. The molecule has 0 atom stereocenters. The molecule has 0 N–H and O–H groups in total. The van der Waals surface area contributed by atoms with Crippen molar-refractivity contribution in [1.82, 2.24) is 0 Å². The smallest absolute Gasteiger partial charge is 0.127 e. The van der Waals surface area contributed by atoms with Gasteiger partial charge in [-0.3, -0.25) is 0 Å². The third-order valence-corrected chi connectivity index (χ3v) is 4.18. The molecule has 0 amide bonds. The molecule has 0 fully saturated rings. The Hall–Kier alpha value is -1.76. The van der Waals surface area contributed by atoms with Gasteiger partial charge in [0, 0.05) is 0 Å². The van der Waals surface area contributed by atoms with Gasteiger partial charge < -0.3 is 4.74 Å². The van der Waals surface area contributed by atoms with E-state index in [9.17, 15) is 0 Å². The summed E-state index contributed by atoms with van der Waals surface area (Å²) in [6.45, 7) is 4.56. The van der Waals surface area contributed by atoms with Crippen LogP contribution in [0.2, 0.25) is 0 Å². The van der Waals surface area contributed by atoms with Crippen molar-refractivity contribution in [3.63, 3.8) is 0 Å². The average molecular weight is 341 g/mol. The van der Waals surface area contributed by atoms with E-state index in [1.807, 2.05) is 60.7 Å². The molecule has 0 unspecified atom stereocenters. The standard InChI is InChI=1S/C12H10O.C12H26/c1-3-7-11(8-4-1)13-12-9-5-2-6-10-12;1-3-5-7-9-11-12-10-8-6-4-2/h1-10H;3-12H2,1-2H3. The zero-order valence-corrected chi connectivity index (χ0v) is 16.3. The third-order valence-electron chi connectivity index (χ3n) is 4.18. The Labute approximate surface area is 155 Å². The minimum absolute atomic E-state index is 0.869. The van der Waals surface area contributed by atoms with Gasteiger partial charge in [-0.1, -0.05) is 114 Å². The summed E-state index contributed by atoms with van der Waals surface area (Å²) in [5.41, 5.74) is 0. The maximum absolute atomic E-state index is 5.58. The molecule has 0 aliphatic carbocycles. The summed E-state index contributed by atoms with van der Waals surface area (Å²) in [6, 6.07) is 19.5. The molecule has 0 aliphatic heterocycles. The summed E-state index contributed by atoms with van der Waals surface area (Å²) < 4.78 is 5.58. The van der Waals surface area contributed by atoms with E-state index in [4.69, 9.17) is 4.74 Å². The number of ether oxygens (including phenoxy) is 1. The van der Waals surface area contributed by atoms with Gasteiger partial charge in [0.25, 0.3) is 0 Å². The molecule has 0 saturated heterocycles. The highest BCUT2D eigenvalue weighted by atomic mass is 16.5. The van der Waals surface area contributed by atoms with Gasteiger partial charge in [0.2, 0.25) is 0 Å². The van der Waals surface area contributed by atoms with Gasteiger partial charge in [0.1, 0.15) is 11.5 Å². The van der Waals surface area contributed by atoms with E-state index in [1.165, 1.54) is 64.2 Å². The average Bonchev–Trinajstić information content (AvgIpc) is 2.66. The fourth-order valence-electron chi connectivity index (χ4n) is 2.67. The van der Waals surface area contributed by atoms with Crippen molar-refractivity contribution in [3.8, 4) is 11.5 Å². The summed E-state index contributed by atoms with van der Waals surface area (Å²) in [4.78, 5) is 0. The van der Waals surface area contributed by atoms with Crippen LogP contribution in [-0.2, 0) is 0 Å². The second kappa shape index (κ2) is 15.7. The van der Waals surface area contributed by atoms with E-state index in [2.05, 4.69) is 13.8 Å². The Bertz CT molecular complexity index is 445. The molecule has 25 heavy (non-hydrogen) atoms. The van der Waals surface area contributed by atoms with Gasteiger partial charge in [0.05, 0.1) is 0 Å². The molecular weight excluding hydrogens is 304 g/mol. The Morgan fingerprint density at radius 3 is 1.12 bits per heavy atom. The van der Waals surface area contributed by atoms with Crippen LogP contribution >= 0.6 is 0 Å². The van der Waals surface area contributed by atoms with Crippen molar-refractivity contribution in [2.24, 2.45) is 0 Å². The third kappa shape index (κ3) is 12.3. The van der Waals surface area contributed by atoms with Crippen LogP contribution in [0, 0.1) is 0 Å². The molecule has 1 nitrogen and oxygen atoms in total. The Morgan fingerprint density at radius 1 is 0.480 bits per heavy atom. The molecule has 2 rings (SSSR count). The highest BCUT2D eigenvalue weighted by Crippen LogP contribution is 2.19. The van der Waals surface area contributed by atoms with Crippen molar-refractivity contribution < 1.29 is 4.74 Å². The first-order valence-corrected chi connectivity index (χ1v) is 10.1. The lowest BCUT2D eigenvalue weighted by Gasteiger charge is -2.03. The Morgan fingerprint density at radius 2 is 0.800 bits per heavy atom. The first-order chi connectivity index (χ1) is 12.4.